The lowest BCUT2D eigenvalue weighted by molar-refractivity contribution is 0.478. The molecular weight excluding hydrogens is 228 g/mol. The zero-order valence-electron chi connectivity index (χ0n) is 9.84. The fourth-order valence-electron chi connectivity index (χ4n) is 1.89. The van der Waals surface area contributed by atoms with E-state index >= 15 is 0 Å². The molecule has 0 aliphatic rings. The van der Waals surface area contributed by atoms with Gasteiger partial charge in [-0.05, 0) is 36.8 Å². The van der Waals surface area contributed by atoms with Crippen LogP contribution in [0.1, 0.15) is 5.56 Å². The lowest BCUT2D eigenvalue weighted by atomic mass is 10.2. The summed E-state index contributed by atoms with van der Waals surface area (Å²) in [5.74, 6) is 0.515. The van der Waals surface area contributed by atoms with E-state index in [9.17, 15) is 5.11 Å². The summed E-state index contributed by atoms with van der Waals surface area (Å²) in [6, 6.07) is 10.8. The van der Waals surface area contributed by atoms with Gasteiger partial charge in [0.25, 0.3) is 0 Å². The van der Waals surface area contributed by atoms with E-state index in [4.69, 9.17) is 10.2 Å². The van der Waals surface area contributed by atoms with Crippen LogP contribution < -0.4 is 5.73 Å². The molecular formula is C14H12N2O2. The molecule has 2 aromatic carbocycles. The topological polar surface area (TPSA) is 72.3 Å². The summed E-state index contributed by atoms with van der Waals surface area (Å²) in [6.07, 6.45) is 0. The van der Waals surface area contributed by atoms with Crippen molar-refractivity contribution in [1.29, 1.82) is 0 Å². The zero-order valence-corrected chi connectivity index (χ0v) is 9.84. The van der Waals surface area contributed by atoms with Gasteiger partial charge in [0.2, 0.25) is 5.89 Å². The molecule has 1 aromatic heterocycles. The standard InChI is InChI=1S/C14H12N2O2/c1-8-3-2-4-11-13(8)18-14(16-11)9-5-6-10(15)12(17)7-9/h2-7,17H,15H2,1H3. The SMILES string of the molecule is Cc1cccc2nc(-c3ccc(N)c(O)c3)oc12. The van der Waals surface area contributed by atoms with E-state index in [0.717, 1.165) is 16.7 Å². The second-order valence-electron chi connectivity index (χ2n) is 4.22. The van der Waals surface area contributed by atoms with Gasteiger partial charge in [-0.1, -0.05) is 12.1 Å². The first-order valence-corrected chi connectivity index (χ1v) is 5.60. The predicted molar refractivity (Wildman–Crippen MR) is 70.3 cm³/mol. The summed E-state index contributed by atoms with van der Waals surface area (Å²) < 4.78 is 5.72. The number of benzene rings is 2. The number of aromatic hydroxyl groups is 1. The molecule has 0 spiro atoms. The average molecular weight is 240 g/mol. The lowest BCUT2D eigenvalue weighted by Crippen LogP contribution is -1.85. The van der Waals surface area contributed by atoms with Crippen molar-refractivity contribution < 1.29 is 9.52 Å². The Hall–Kier alpha value is -2.49. The normalized spacial score (nSPS) is 10.9. The first-order valence-electron chi connectivity index (χ1n) is 5.60. The summed E-state index contributed by atoms with van der Waals surface area (Å²) in [6.45, 7) is 1.97. The molecule has 3 aromatic rings. The van der Waals surface area contributed by atoms with Gasteiger partial charge in [0.1, 0.15) is 11.3 Å². The van der Waals surface area contributed by atoms with Crippen LogP contribution >= 0.6 is 0 Å². The van der Waals surface area contributed by atoms with Crippen molar-refractivity contribution in [1.82, 2.24) is 4.98 Å². The van der Waals surface area contributed by atoms with E-state index in [0.29, 0.717) is 17.1 Å². The highest BCUT2D eigenvalue weighted by atomic mass is 16.3. The quantitative estimate of drug-likeness (QED) is 0.506. The molecule has 0 amide bonds. The van der Waals surface area contributed by atoms with Crippen molar-refractivity contribution in [2.75, 3.05) is 5.73 Å². The summed E-state index contributed by atoms with van der Waals surface area (Å²) in [7, 11) is 0. The Morgan fingerprint density at radius 2 is 2.06 bits per heavy atom. The molecule has 0 aliphatic heterocycles. The second kappa shape index (κ2) is 3.77. The van der Waals surface area contributed by atoms with Gasteiger partial charge < -0.3 is 15.3 Å². The fourth-order valence-corrected chi connectivity index (χ4v) is 1.89. The number of anilines is 1. The average Bonchev–Trinajstić information content (AvgIpc) is 2.78. The predicted octanol–water partition coefficient (Wildman–Crippen LogP) is 3.09. The van der Waals surface area contributed by atoms with E-state index in [2.05, 4.69) is 4.98 Å². The Labute approximate surface area is 104 Å². The number of phenols is 1. The van der Waals surface area contributed by atoms with Gasteiger partial charge in [-0.25, -0.2) is 4.98 Å². The fraction of sp³-hybridized carbons (Fsp3) is 0.0714. The highest BCUT2D eigenvalue weighted by Crippen LogP contribution is 2.30. The van der Waals surface area contributed by atoms with E-state index in [-0.39, 0.29) is 5.75 Å². The minimum atomic E-state index is 0.0338. The highest BCUT2D eigenvalue weighted by molar-refractivity contribution is 5.79. The maximum atomic E-state index is 9.60. The van der Waals surface area contributed by atoms with Crippen LogP contribution in [0.2, 0.25) is 0 Å². The van der Waals surface area contributed by atoms with E-state index in [1.807, 2.05) is 25.1 Å². The number of nitrogen functional groups attached to an aromatic ring is 1. The molecule has 18 heavy (non-hydrogen) atoms. The molecule has 0 aliphatic carbocycles. The first-order chi connectivity index (χ1) is 8.65. The number of hydrogen-bond acceptors (Lipinski definition) is 4. The number of rotatable bonds is 1. The number of para-hydroxylation sites is 1. The van der Waals surface area contributed by atoms with Crippen molar-refractivity contribution in [3.05, 3.63) is 42.0 Å². The first kappa shape index (κ1) is 10.7. The molecule has 0 bridgehead atoms. The molecule has 0 unspecified atom stereocenters. The molecule has 0 radical (unpaired) electrons. The van der Waals surface area contributed by atoms with Gasteiger partial charge in [-0.2, -0.15) is 0 Å². The van der Waals surface area contributed by atoms with Crippen molar-refractivity contribution in [3.8, 4) is 17.2 Å². The Bertz CT molecular complexity index is 732. The van der Waals surface area contributed by atoms with Gasteiger partial charge in [0.15, 0.2) is 5.58 Å². The molecule has 1 heterocycles. The molecule has 4 nitrogen and oxygen atoms in total. The van der Waals surface area contributed by atoms with Gasteiger partial charge >= 0.3 is 0 Å². The highest BCUT2D eigenvalue weighted by Gasteiger charge is 2.10. The van der Waals surface area contributed by atoms with Crippen LogP contribution in [-0.2, 0) is 0 Å². The molecule has 4 heteroatoms. The van der Waals surface area contributed by atoms with Crippen molar-refractivity contribution in [2.24, 2.45) is 0 Å². The Balaban J connectivity index is 2.19. The van der Waals surface area contributed by atoms with Crippen LogP contribution in [0.4, 0.5) is 5.69 Å². The van der Waals surface area contributed by atoms with Gasteiger partial charge in [-0.3, -0.25) is 0 Å². The smallest absolute Gasteiger partial charge is 0.227 e. The number of fused-ring (bicyclic) bond motifs is 1. The third kappa shape index (κ3) is 1.59. The summed E-state index contributed by atoms with van der Waals surface area (Å²) in [5.41, 5.74) is 9.22. The van der Waals surface area contributed by atoms with Crippen LogP contribution in [0, 0.1) is 6.92 Å². The number of aromatic nitrogens is 1. The summed E-state index contributed by atoms with van der Waals surface area (Å²) in [5, 5.41) is 9.60. The van der Waals surface area contributed by atoms with E-state index in [1.54, 1.807) is 18.2 Å². The summed E-state index contributed by atoms with van der Waals surface area (Å²) in [4.78, 5) is 4.40. The third-order valence-corrected chi connectivity index (χ3v) is 2.89. The number of phenolic OH excluding ortho intramolecular Hbond substituents is 1. The lowest BCUT2D eigenvalue weighted by Gasteiger charge is -1.99. The monoisotopic (exact) mass is 240 g/mol. The van der Waals surface area contributed by atoms with Gasteiger partial charge in [-0.15, -0.1) is 0 Å². The minimum Gasteiger partial charge on any atom is -0.506 e. The van der Waals surface area contributed by atoms with E-state index in [1.165, 1.54) is 0 Å². The van der Waals surface area contributed by atoms with Crippen molar-refractivity contribution >= 4 is 16.8 Å². The Kier molecular flexibility index (Phi) is 2.23. The number of nitrogens with zero attached hydrogens (tertiary/aromatic N) is 1. The Morgan fingerprint density at radius 1 is 1.22 bits per heavy atom. The molecule has 0 atom stereocenters. The van der Waals surface area contributed by atoms with E-state index < -0.39 is 0 Å². The third-order valence-electron chi connectivity index (χ3n) is 2.89. The minimum absolute atomic E-state index is 0.0338. The van der Waals surface area contributed by atoms with Crippen LogP contribution in [0.15, 0.2) is 40.8 Å². The maximum Gasteiger partial charge on any atom is 0.227 e. The largest absolute Gasteiger partial charge is 0.506 e. The number of nitrogens with two attached hydrogens (primary N) is 1. The van der Waals surface area contributed by atoms with Crippen LogP contribution in [0.25, 0.3) is 22.6 Å². The second-order valence-corrected chi connectivity index (χ2v) is 4.22. The molecule has 0 saturated heterocycles. The van der Waals surface area contributed by atoms with Crippen molar-refractivity contribution in [3.63, 3.8) is 0 Å². The van der Waals surface area contributed by atoms with Gasteiger partial charge in [0.05, 0.1) is 5.69 Å². The van der Waals surface area contributed by atoms with Crippen LogP contribution in [0.5, 0.6) is 5.75 Å². The Morgan fingerprint density at radius 3 is 2.78 bits per heavy atom. The van der Waals surface area contributed by atoms with Crippen molar-refractivity contribution in [2.45, 2.75) is 6.92 Å². The van der Waals surface area contributed by atoms with Crippen LogP contribution in [0.3, 0.4) is 0 Å². The van der Waals surface area contributed by atoms with Gasteiger partial charge in [0, 0.05) is 5.56 Å². The number of aryl methyl sites for hydroxylation is 1. The molecule has 3 N–H and O–H groups in total. The molecule has 3 rings (SSSR count). The number of hydrogen-bond donors (Lipinski definition) is 2. The maximum absolute atomic E-state index is 9.60. The molecule has 0 fully saturated rings. The summed E-state index contributed by atoms with van der Waals surface area (Å²) >= 11 is 0. The molecule has 0 saturated carbocycles. The molecule has 90 valence electrons. The number of oxazole rings is 1. The zero-order chi connectivity index (χ0) is 12.7. The van der Waals surface area contributed by atoms with Crippen LogP contribution in [-0.4, -0.2) is 10.1 Å².